The van der Waals surface area contributed by atoms with Crippen molar-refractivity contribution in [3.8, 4) is 0 Å². The Kier molecular flexibility index (Phi) is 5.56. The SMILES string of the molecule is Cc1ccc2n1NCN(CC1(O)CCN(C(=O)CC(C)c3ccccc3)CC1)C2=O. The van der Waals surface area contributed by atoms with Crippen molar-refractivity contribution >= 4 is 11.8 Å². The molecule has 1 unspecified atom stereocenters. The number of rotatable bonds is 5. The maximum absolute atomic E-state index is 12.8. The molecule has 3 heterocycles. The average Bonchev–Trinajstić information content (AvgIpc) is 3.12. The van der Waals surface area contributed by atoms with Crippen molar-refractivity contribution in [1.29, 1.82) is 0 Å². The molecule has 0 radical (unpaired) electrons. The van der Waals surface area contributed by atoms with E-state index < -0.39 is 5.60 Å². The number of nitrogens with zero attached hydrogens (tertiary/aromatic N) is 3. The lowest BCUT2D eigenvalue weighted by atomic mass is 9.89. The molecule has 30 heavy (non-hydrogen) atoms. The van der Waals surface area contributed by atoms with E-state index in [9.17, 15) is 14.7 Å². The second kappa shape index (κ2) is 8.14. The monoisotopic (exact) mass is 410 g/mol. The normalized spacial score (nSPS) is 19.2. The van der Waals surface area contributed by atoms with Crippen molar-refractivity contribution in [3.05, 3.63) is 59.4 Å². The lowest BCUT2D eigenvalue weighted by Gasteiger charge is -2.42. The van der Waals surface area contributed by atoms with Gasteiger partial charge >= 0.3 is 0 Å². The average molecular weight is 411 g/mol. The number of fused-ring (bicyclic) bond motifs is 1. The van der Waals surface area contributed by atoms with Gasteiger partial charge in [-0.05, 0) is 43.4 Å². The molecule has 2 N–H and O–H groups in total. The van der Waals surface area contributed by atoms with Crippen molar-refractivity contribution in [3.63, 3.8) is 0 Å². The highest BCUT2D eigenvalue weighted by Crippen LogP contribution is 2.27. The fraction of sp³-hybridized carbons (Fsp3) is 0.478. The number of carbonyl (C=O) groups excluding carboxylic acids is 2. The molecule has 0 saturated carbocycles. The van der Waals surface area contributed by atoms with E-state index in [1.54, 1.807) is 15.6 Å². The molecule has 0 aliphatic carbocycles. The van der Waals surface area contributed by atoms with Crippen LogP contribution in [0.2, 0.25) is 0 Å². The first-order valence-electron chi connectivity index (χ1n) is 10.6. The predicted molar refractivity (Wildman–Crippen MR) is 115 cm³/mol. The van der Waals surface area contributed by atoms with Crippen LogP contribution >= 0.6 is 0 Å². The zero-order chi connectivity index (χ0) is 21.3. The topological polar surface area (TPSA) is 77.8 Å². The summed E-state index contributed by atoms with van der Waals surface area (Å²) in [7, 11) is 0. The highest BCUT2D eigenvalue weighted by molar-refractivity contribution is 5.94. The van der Waals surface area contributed by atoms with E-state index in [1.165, 1.54) is 0 Å². The number of aryl methyl sites for hydroxylation is 1. The largest absolute Gasteiger partial charge is 0.388 e. The number of piperidine rings is 1. The molecule has 160 valence electrons. The summed E-state index contributed by atoms with van der Waals surface area (Å²) in [5.41, 5.74) is 4.97. The summed E-state index contributed by atoms with van der Waals surface area (Å²) >= 11 is 0. The van der Waals surface area contributed by atoms with Gasteiger partial charge in [-0.3, -0.25) is 14.3 Å². The molecule has 0 spiro atoms. The van der Waals surface area contributed by atoms with Gasteiger partial charge < -0.3 is 20.3 Å². The molecular weight excluding hydrogens is 380 g/mol. The van der Waals surface area contributed by atoms with Gasteiger partial charge in [-0.25, -0.2) is 0 Å². The quantitative estimate of drug-likeness (QED) is 0.793. The number of amides is 2. The van der Waals surface area contributed by atoms with Crippen LogP contribution in [-0.4, -0.2) is 63.3 Å². The number of aromatic nitrogens is 1. The Bertz CT molecular complexity index is 916. The van der Waals surface area contributed by atoms with E-state index in [-0.39, 0.29) is 24.3 Å². The van der Waals surface area contributed by atoms with Crippen LogP contribution in [0, 0.1) is 6.92 Å². The molecule has 2 amide bonds. The van der Waals surface area contributed by atoms with Gasteiger partial charge in [-0.2, -0.15) is 0 Å². The molecule has 1 atom stereocenters. The van der Waals surface area contributed by atoms with Crippen molar-refractivity contribution in [1.82, 2.24) is 14.5 Å². The first-order valence-corrected chi connectivity index (χ1v) is 10.6. The highest BCUT2D eigenvalue weighted by atomic mass is 16.3. The van der Waals surface area contributed by atoms with E-state index >= 15 is 0 Å². The van der Waals surface area contributed by atoms with Crippen LogP contribution in [0.15, 0.2) is 42.5 Å². The summed E-state index contributed by atoms with van der Waals surface area (Å²) in [6.07, 6.45) is 1.41. The number of nitrogens with one attached hydrogen (secondary N) is 1. The van der Waals surface area contributed by atoms with E-state index in [1.807, 2.05) is 36.1 Å². The van der Waals surface area contributed by atoms with Crippen LogP contribution in [0.1, 0.15) is 53.8 Å². The Labute approximate surface area is 177 Å². The molecule has 2 aliphatic rings. The van der Waals surface area contributed by atoms with E-state index in [0.29, 0.717) is 44.7 Å². The maximum Gasteiger partial charge on any atom is 0.273 e. The first-order chi connectivity index (χ1) is 14.4. The second-order valence-electron chi connectivity index (χ2n) is 8.64. The van der Waals surface area contributed by atoms with Crippen molar-refractivity contribution in [2.45, 2.75) is 44.6 Å². The second-order valence-corrected chi connectivity index (χ2v) is 8.64. The number of benzene rings is 1. The lowest BCUT2D eigenvalue weighted by molar-refractivity contribution is -0.136. The van der Waals surface area contributed by atoms with Gasteiger partial charge in [0.15, 0.2) is 0 Å². The number of hydrogen-bond donors (Lipinski definition) is 2. The van der Waals surface area contributed by atoms with Crippen molar-refractivity contribution in [2.24, 2.45) is 0 Å². The van der Waals surface area contributed by atoms with Gasteiger partial charge in [-0.1, -0.05) is 37.3 Å². The van der Waals surface area contributed by atoms with Gasteiger partial charge in [0.05, 0.1) is 12.1 Å². The van der Waals surface area contributed by atoms with E-state index in [2.05, 4.69) is 24.5 Å². The molecule has 0 bridgehead atoms. The van der Waals surface area contributed by atoms with Crippen LogP contribution in [0.4, 0.5) is 0 Å². The van der Waals surface area contributed by atoms with Crippen molar-refractivity contribution < 1.29 is 14.7 Å². The third kappa shape index (κ3) is 4.07. The first kappa shape index (κ1) is 20.5. The molecule has 1 aromatic heterocycles. The van der Waals surface area contributed by atoms with Crippen LogP contribution in [0.25, 0.3) is 0 Å². The number of β-amino-alcohol motifs (C(OH)–C–C–N with tert-alkyl or cyclic N) is 1. The molecule has 7 nitrogen and oxygen atoms in total. The minimum absolute atomic E-state index is 0.0783. The van der Waals surface area contributed by atoms with E-state index in [4.69, 9.17) is 0 Å². The Morgan fingerprint density at radius 3 is 2.57 bits per heavy atom. The van der Waals surface area contributed by atoms with Crippen LogP contribution in [-0.2, 0) is 4.79 Å². The Balaban J connectivity index is 1.31. The fourth-order valence-corrected chi connectivity index (χ4v) is 4.41. The Morgan fingerprint density at radius 2 is 1.87 bits per heavy atom. The summed E-state index contributed by atoms with van der Waals surface area (Å²) in [5, 5.41) is 11.1. The predicted octanol–water partition coefficient (Wildman–Crippen LogP) is 2.30. The minimum atomic E-state index is -0.969. The Hall–Kier alpha value is -2.80. The summed E-state index contributed by atoms with van der Waals surface area (Å²) in [4.78, 5) is 29.0. The van der Waals surface area contributed by atoms with Gasteiger partial charge in [-0.15, -0.1) is 0 Å². The smallest absolute Gasteiger partial charge is 0.273 e. The standard InChI is InChI=1S/C23H30N4O3/c1-17(19-6-4-3-5-7-19)14-21(28)25-12-10-23(30,11-13-25)15-26-16-24-27-18(2)8-9-20(27)22(26)29/h3-9,17,24,30H,10-16H2,1-2H3. The van der Waals surface area contributed by atoms with Gasteiger partial charge in [0.25, 0.3) is 5.91 Å². The summed E-state index contributed by atoms with van der Waals surface area (Å²) < 4.78 is 1.79. The van der Waals surface area contributed by atoms with Crippen LogP contribution < -0.4 is 5.43 Å². The number of carbonyl (C=O) groups is 2. The molecule has 1 aromatic carbocycles. The Morgan fingerprint density at radius 1 is 1.17 bits per heavy atom. The molecule has 7 heteroatoms. The van der Waals surface area contributed by atoms with Gasteiger partial charge in [0, 0.05) is 25.2 Å². The number of hydrogen-bond acceptors (Lipinski definition) is 4. The molecule has 2 aliphatic heterocycles. The third-order valence-electron chi connectivity index (χ3n) is 6.38. The molecule has 2 aromatic rings. The summed E-state index contributed by atoms with van der Waals surface area (Å²) in [6, 6.07) is 13.8. The van der Waals surface area contributed by atoms with Crippen LogP contribution in [0.3, 0.4) is 0 Å². The summed E-state index contributed by atoms with van der Waals surface area (Å²) in [6.45, 7) is 5.67. The maximum atomic E-state index is 12.8. The molecule has 1 fully saturated rings. The molecular formula is C23H30N4O3. The highest BCUT2D eigenvalue weighted by Gasteiger charge is 2.38. The summed E-state index contributed by atoms with van der Waals surface area (Å²) in [5.74, 6) is 0.208. The molecule has 1 saturated heterocycles. The van der Waals surface area contributed by atoms with Crippen molar-refractivity contribution in [2.75, 3.05) is 31.7 Å². The third-order valence-corrected chi connectivity index (χ3v) is 6.38. The van der Waals surface area contributed by atoms with Crippen LogP contribution in [0.5, 0.6) is 0 Å². The number of aliphatic hydroxyl groups is 1. The fourth-order valence-electron chi connectivity index (χ4n) is 4.41. The molecule has 4 rings (SSSR count). The minimum Gasteiger partial charge on any atom is -0.388 e. The zero-order valence-corrected chi connectivity index (χ0v) is 17.7. The van der Waals surface area contributed by atoms with Gasteiger partial charge in [0.2, 0.25) is 5.91 Å². The van der Waals surface area contributed by atoms with E-state index in [0.717, 1.165) is 11.3 Å². The lowest BCUT2D eigenvalue weighted by Crippen LogP contribution is -2.56. The zero-order valence-electron chi connectivity index (χ0n) is 17.7. The van der Waals surface area contributed by atoms with Gasteiger partial charge in [0.1, 0.15) is 12.4 Å². The number of likely N-dealkylation sites (tertiary alicyclic amines) is 1.